The van der Waals surface area contributed by atoms with Crippen molar-refractivity contribution in [3.63, 3.8) is 0 Å². The molecule has 0 aliphatic carbocycles. The van der Waals surface area contributed by atoms with Crippen LogP contribution in [0.1, 0.15) is 57.9 Å². The molecule has 2 unspecified atom stereocenters. The van der Waals surface area contributed by atoms with E-state index in [2.05, 4.69) is 11.8 Å². The van der Waals surface area contributed by atoms with Crippen LogP contribution in [0, 0.1) is 11.8 Å². The molecule has 0 saturated carbocycles. The summed E-state index contributed by atoms with van der Waals surface area (Å²) in [5, 5.41) is 0. The highest BCUT2D eigenvalue weighted by Crippen LogP contribution is 2.25. The maximum Gasteiger partial charge on any atom is 0.307 e. The van der Waals surface area contributed by atoms with E-state index in [0.29, 0.717) is 19.8 Å². The van der Waals surface area contributed by atoms with Gasteiger partial charge in [-0.2, -0.15) is 0 Å². The van der Waals surface area contributed by atoms with E-state index in [1.165, 1.54) is 0 Å². The number of hydrogen-bond donors (Lipinski definition) is 0. The molecule has 1 aliphatic rings. The molecular weight excluding hydrogens is 372 g/mol. The van der Waals surface area contributed by atoms with Gasteiger partial charge < -0.3 is 23.7 Å². The minimum Gasteiger partial charge on any atom is -0.466 e. The summed E-state index contributed by atoms with van der Waals surface area (Å²) in [6.07, 6.45) is 2.45. The molecule has 0 radical (unpaired) electrons. The van der Waals surface area contributed by atoms with Crippen LogP contribution in [0.25, 0.3) is 0 Å². The molecule has 2 atom stereocenters. The molecule has 160 valence electrons. The quantitative estimate of drug-likeness (QED) is 0.333. The first kappa shape index (κ1) is 23.2. The highest BCUT2D eigenvalue weighted by atomic mass is 16.7. The Morgan fingerprint density at radius 2 is 1.79 bits per heavy atom. The number of ether oxygens (including phenoxy) is 5. The lowest BCUT2D eigenvalue weighted by Gasteiger charge is -2.23. The van der Waals surface area contributed by atoms with Crippen molar-refractivity contribution < 1.29 is 28.5 Å². The standard InChI is InChI=1S/C23H32O6/c1-4-25-21(24)17-19(12-15-22(26-5-2)27-6-3)18-10-13-20(14-11-18)29-23-9-7-8-16-28-23/h10-11,13-14,19,22-23H,4-9,16-17H2,1-3H3. The van der Waals surface area contributed by atoms with Gasteiger partial charge in [0.1, 0.15) is 5.75 Å². The van der Waals surface area contributed by atoms with Crippen LogP contribution in [0.2, 0.25) is 0 Å². The van der Waals surface area contributed by atoms with Gasteiger partial charge in [-0.25, -0.2) is 0 Å². The molecule has 1 heterocycles. The Balaban J connectivity index is 2.11. The van der Waals surface area contributed by atoms with E-state index in [0.717, 1.165) is 37.2 Å². The zero-order valence-electron chi connectivity index (χ0n) is 17.6. The van der Waals surface area contributed by atoms with Gasteiger partial charge in [-0.1, -0.05) is 18.1 Å². The Bertz CT molecular complexity index is 648. The maximum atomic E-state index is 12.1. The average molecular weight is 405 g/mol. The fourth-order valence-electron chi connectivity index (χ4n) is 2.98. The number of carbonyl (C=O) groups excluding carboxylic acids is 1. The van der Waals surface area contributed by atoms with E-state index in [9.17, 15) is 4.79 Å². The Kier molecular flexibility index (Phi) is 10.6. The second-order valence-corrected chi connectivity index (χ2v) is 6.58. The fourth-order valence-corrected chi connectivity index (χ4v) is 2.98. The number of benzene rings is 1. The van der Waals surface area contributed by atoms with Crippen LogP contribution in [0.4, 0.5) is 0 Å². The molecule has 0 bridgehead atoms. The number of rotatable bonds is 10. The van der Waals surface area contributed by atoms with Gasteiger partial charge in [0.2, 0.25) is 6.29 Å². The van der Waals surface area contributed by atoms with Crippen LogP contribution in [-0.4, -0.2) is 45.0 Å². The molecule has 1 fully saturated rings. The topological polar surface area (TPSA) is 63.2 Å². The first-order valence-corrected chi connectivity index (χ1v) is 10.4. The summed E-state index contributed by atoms with van der Waals surface area (Å²) in [7, 11) is 0. The second kappa shape index (κ2) is 13.2. The molecule has 2 rings (SSSR count). The molecule has 0 aromatic heterocycles. The normalized spacial score (nSPS) is 17.3. The molecule has 6 nitrogen and oxygen atoms in total. The van der Waals surface area contributed by atoms with Crippen molar-refractivity contribution >= 4 is 5.97 Å². The highest BCUT2D eigenvalue weighted by Gasteiger charge is 2.18. The monoisotopic (exact) mass is 404 g/mol. The lowest BCUT2D eigenvalue weighted by Crippen LogP contribution is -2.24. The van der Waals surface area contributed by atoms with Crippen molar-refractivity contribution in [3.8, 4) is 17.6 Å². The third-order valence-corrected chi connectivity index (χ3v) is 4.38. The highest BCUT2D eigenvalue weighted by molar-refractivity contribution is 5.71. The molecule has 1 aromatic rings. The zero-order valence-corrected chi connectivity index (χ0v) is 17.6. The van der Waals surface area contributed by atoms with Gasteiger partial charge in [0.25, 0.3) is 0 Å². The Morgan fingerprint density at radius 1 is 1.07 bits per heavy atom. The molecule has 1 aromatic carbocycles. The van der Waals surface area contributed by atoms with Crippen LogP contribution >= 0.6 is 0 Å². The van der Waals surface area contributed by atoms with Gasteiger partial charge in [0, 0.05) is 19.6 Å². The smallest absolute Gasteiger partial charge is 0.307 e. The number of esters is 1. The summed E-state index contributed by atoms with van der Waals surface area (Å²) in [6, 6.07) is 7.62. The molecule has 0 amide bonds. The lowest BCUT2D eigenvalue weighted by atomic mass is 9.96. The predicted octanol–water partition coefficient (Wildman–Crippen LogP) is 4.03. The molecule has 29 heavy (non-hydrogen) atoms. The van der Waals surface area contributed by atoms with Crippen molar-refractivity contribution in [3.05, 3.63) is 29.8 Å². The van der Waals surface area contributed by atoms with Crippen molar-refractivity contribution in [2.24, 2.45) is 0 Å². The van der Waals surface area contributed by atoms with E-state index < -0.39 is 6.29 Å². The third kappa shape index (κ3) is 8.45. The summed E-state index contributed by atoms with van der Waals surface area (Å²) in [6.45, 7) is 7.64. The molecule has 0 spiro atoms. The Labute approximate surface area is 173 Å². The van der Waals surface area contributed by atoms with Crippen LogP contribution in [0.15, 0.2) is 24.3 Å². The Hall–Kier alpha value is -2.07. The second-order valence-electron chi connectivity index (χ2n) is 6.58. The Morgan fingerprint density at radius 3 is 2.38 bits per heavy atom. The largest absolute Gasteiger partial charge is 0.466 e. The average Bonchev–Trinajstić information content (AvgIpc) is 2.73. The molecule has 6 heteroatoms. The maximum absolute atomic E-state index is 12.1. The van der Waals surface area contributed by atoms with Crippen molar-refractivity contribution in [2.45, 2.75) is 65.0 Å². The van der Waals surface area contributed by atoms with E-state index in [4.69, 9.17) is 23.7 Å². The van der Waals surface area contributed by atoms with E-state index in [1.807, 2.05) is 38.1 Å². The van der Waals surface area contributed by atoms with Crippen LogP contribution in [0.5, 0.6) is 5.75 Å². The van der Waals surface area contributed by atoms with E-state index in [1.54, 1.807) is 6.92 Å². The van der Waals surface area contributed by atoms with Crippen LogP contribution in [0.3, 0.4) is 0 Å². The van der Waals surface area contributed by atoms with Gasteiger partial charge in [-0.05, 0) is 57.2 Å². The first-order valence-electron chi connectivity index (χ1n) is 10.4. The van der Waals surface area contributed by atoms with Gasteiger partial charge in [0.05, 0.1) is 25.6 Å². The first-order chi connectivity index (χ1) is 14.2. The van der Waals surface area contributed by atoms with Crippen molar-refractivity contribution in [2.75, 3.05) is 26.4 Å². The molecular formula is C23H32O6. The fraction of sp³-hybridized carbons (Fsp3) is 0.609. The van der Waals surface area contributed by atoms with Gasteiger partial charge in [0.15, 0.2) is 6.29 Å². The lowest BCUT2D eigenvalue weighted by molar-refractivity contribution is -0.143. The summed E-state index contributed by atoms with van der Waals surface area (Å²) in [5.74, 6) is 6.26. The third-order valence-electron chi connectivity index (χ3n) is 4.38. The van der Waals surface area contributed by atoms with Gasteiger partial charge in [-0.3, -0.25) is 4.79 Å². The number of hydrogen-bond acceptors (Lipinski definition) is 6. The minimum absolute atomic E-state index is 0.164. The minimum atomic E-state index is -0.610. The van der Waals surface area contributed by atoms with Crippen molar-refractivity contribution in [1.29, 1.82) is 0 Å². The van der Waals surface area contributed by atoms with Gasteiger partial charge in [-0.15, -0.1) is 0 Å². The van der Waals surface area contributed by atoms with Crippen molar-refractivity contribution in [1.82, 2.24) is 0 Å². The predicted molar refractivity (Wildman–Crippen MR) is 109 cm³/mol. The molecule has 1 aliphatic heterocycles. The zero-order chi connectivity index (χ0) is 20.9. The summed E-state index contributed by atoms with van der Waals surface area (Å²) in [4.78, 5) is 12.1. The number of carbonyl (C=O) groups is 1. The van der Waals surface area contributed by atoms with Crippen LogP contribution < -0.4 is 4.74 Å². The van der Waals surface area contributed by atoms with Crippen LogP contribution in [-0.2, 0) is 23.7 Å². The summed E-state index contributed by atoms with van der Waals surface area (Å²) >= 11 is 0. The molecule has 1 saturated heterocycles. The SMILES string of the molecule is CCOC(=O)CC(C#CC(OCC)OCC)c1ccc(OC2CCCCO2)cc1. The van der Waals surface area contributed by atoms with E-state index >= 15 is 0 Å². The summed E-state index contributed by atoms with van der Waals surface area (Å²) in [5.41, 5.74) is 0.911. The molecule has 0 N–H and O–H groups in total. The van der Waals surface area contributed by atoms with E-state index in [-0.39, 0.29) is 24.6 Å². The summed E-state index contributed by atoms with van der Waals surface area (Å²) < 4.78 is 27.6. The van der Waals surface area contributed by atoms with Gasteiger partial charge >= 0.3 is 5.97 Å².